The topological polar surface area (TPSA) is 60.7 Å². The lowest BCUT2D eigenvalue weighted by Crippen LogP contribution is -2.39. The Balaban J connectivity index is 1.94. The van der Waals surface area contributed by atoms with Crippen LogP contribution in [-0.4, -0.2) is 17.1 Å². The van der Waals surface area contributed by atoms with Gasteiger partial charge in [0.1, 0.15) is 0 Å². The minimum absolute atomic E-state index is 0.151. The predicted molar refractivity (Wildman–Crippen MR) is 125 cm³/mol. The predicted octanol–water partition coefficient (Wildman–Crippen LogP) is 3.98. The summed E-state index contributed by atoms with van der Waals surface area (Å²) in [6.45, 7) is 8.11. The number of carbonyl (C=O) groups is 1. The lowest BCUT2D eigenvalue weighted by Gasteiger charge is -2.25. The second-order valence-electron chi connectivity index (χ2n) is 7.68. The van der Waals surface area contributed by atoms with E-state index in [1.807, 2.05) is 35.0 Å². The molecule has 1 aromatic carbocycles. The van der Waals surface area contributed by atoms with E-state index in [1.165, 1.54) is 16.9 Å². The van der Waals surface area contributed by atoms with Crippen LogP contribution in [0.2, 0.25) is 0 Å². The summed E-state index contributed by atoms with van der Waals surface area (Å²) < 4.78 is 7.56. The maximum Gasteiger partial charge on any atom is 0.338 e. The number of thiazole rings is 1. The van der Waals surface area contributed by atoms with Gasteiger partial charge in [0.05, 0.1) is 28.5 Å². The maximum atomic E-state index is 13.4. The van der Waals surface area contributed by atoms with Crippen molar-refractivity contribution in [2.24, 2.45) is 4.99 Å². The fourth-order valence-electron chi connectivity index (χ4n) is 3.68. The molecule has 0 radical (unpaired) electrons. The number of allylic oxidation sites excluding steroid dienone is 1. The van der Waals surface area contributed by atoms with E-state index in [9.17, 15) is 9.59 Å². The third-order valence-corrected chi connectivity index (χ3v) is 6.96. The second kappa shape index (κ2) is 8.77. The van der Waals surface area contributed by atoms with Crippen molar-refractivity contribution < 1.29 is 9.53 Å². The van der Waals surface area contributed by atoms with Crippen LogP contribution in [0.25, 0.3) is 6.08 Å². The van der Waals surface area contributed by atoms with E-state index in [1.54, 1.807) is 29.8 Å². The first-order chi connectivity index (χ1) is 14.9. The Hall–Kier alpha value is -2.77. The van der Waals surface area contributed by atoms with Gasteiger partial charge in [0.15, 0.2) is 4.80 Å². The zero-order valence-corrected chi connectivity index (χ0v) is 19.5. The summed E-state index contributed by atoms with van der Waals surface area (Å²) in [5, 5.41) is 3.97. The second-order valence-corrected chi connectivity index (χ2v) is 9.47. The quantitative estimate of drug-likeness (QED) is 0.550. The number of ether oxygens (including phenoxy) is 1. The molecule has 0 spiro atoms. The molecule has 1 aliphatic heterocycles. The molecule has 0 fully saturated rings. The van der Waals surface area contributed by atoms with Crippen LogP contribution >= 0.6 is 22.7 Å². The molecule has 0 amide bonds. The molecule has 5 nitrogen and oxygen atoms in total. The first kappa shape index (κ1) is 21.5. The molecule has 0 N–H and O–H groups in total. The number of rotatable bonds is 5. The van der Waals surface area contributed by atoms with Crippen LogP contribution in [0, 0.1) is 0 Å². The molecule has 1 atom stereocenters. The average Bonchev–Trinajstić information content (AvgIpc) is 3.35. The summed E-state index contributed by atoms with van der Waals surface area (Å²) in [4.78, 5) is 31.5. The molecule has 3 aromatic rings. The Morgan fingerprint density at radius 3 is 2.61 bits per heavy atom. The Kier molecular flexibility index (Phi) is 6.07. The highest BCUT2D eigenvalue weighted by molar-refractivity contribution is 7.08. The van der Waals surface area contributed by atoms with Gasteiger partial charge in [0, 0.05) is 0 Å². The first-order valence-corrected chi connectivity index (χ1v) is 12.0. The molecule has 1 aliphatic rings. The van der Waals surface area contributed by atoms with E-state index < -0.39 is 12.0 Å². The van der Waals surface area contributed by atoms with Gasteiger partial charge in [-0.25, -0.2) is 9.79 Å². The van der Waals surface area contributed by atoms with E-state index in [0.717, 1.165) is 11.1 Å². The monoisotopic (exact) mass is 452 g/mol. The van der Waals surface area contributed by atoms with Gasteiger partial charge in [0.2, 0.25) is 0 Å². The smallest absolute Gasteiger partial charge is 0.338 e. The molecular weight excluding hydrogens is 428 g/mol. The van der Waals surface area contributed by atoms with Gasteiger partial charge in [-0.05, 0) is 59.4 Å². The van der Waals surface area contributed by atoms with Gasteiger partial charge < -0.3 is 4.74 Å². The van der Waals surface area contributed by atoms with E-state index in [0.29, 0.717) is 26.5 Å². The number of hydrogen-bond acceptors (Lipinski definition) is 6. The number of aromatic nitrogens is 1. The van der Waals surface area contributed by atoms with Crippen molar-refractivity contribution in [2.75, 3.05) is 6.61 Å². The third-order valence-electron chi connectivity index (χ3n) is 5.28. The number of benzene rings is 1. The molecule has 31 heavy (non-hydrogen) atoms. The number of carbonyl (C=O) groups excluding carboxylic acids is 1. The lowest BCUT2D eigenvalue weighted by atomic mass is 9.93. The van der Waals surface area contributed by atoms with Gasteiger partial charge in [-0.1, -0.05) is 49.4 Å². The molecular formula is C24H24N2O3S2. The average molecular weight is 453 g/mol. The van der Waals surface area contributed by atoms with E-state index in [-0.39, 0.29) is 12.2 Å². The summed E-state index contributed by atoms with van der Waals surface area (Å²) >= 11 is 2.93. The zero-order chi connectivity index (χ0) is 22.1. The van der Waals surface area contributed by atoms with Crippen LogP contribution in [0.3, 0.4) is 0 Å². The normalized spacial score (nSPS) is 16.4. The van der Waals surface area contributed by atoms with Gasteiger partial charge in [-0.2, -0.15) is 11.3 Å². The van der Waals surface area contributed by atoms with E-state index in [4.69, 9.17) is 4.74 Å². The van der Waals surface area contributed by atoms with E-state index in [2.05, 4.69) is 31.0 Å². The van der Waals surface area contributed by atoms with Gasteiger partial charge in [0.25, 0.3) is 5.56 Å². The van der Waals surface area contributed by atoms with Crippen LogP contribution < -0.4 is 14.9 Å². The molecule has 1 unspecified atom stereocenters. The number of esters is 1. The highest BCUT2D eigenvalue weighted by atomic mass is 32.1. The number of hydrogen-bond donors (Lipinski definition) is 0. The van der Waals surface area contributed by atoms with Gasteiger partial charge in [-0.15, -0.1) is 0 Å². The fourth-order valence-corrected chi connectivity index (χ4v) is 5.34. The van der Waals surface area contributed by atoms with Crippen molar-refractivity contribution in [3.63, 3.8) is 0 Å². The summed E-state index contributed by atoms with van der Waals surface area (Å²) in [7, 11) is 0. The SMILES string of the molecule is CCOC(=O)C1=C(C)N=c2sc(=Cc3ccsc3)c(=O)n2C1c1ccc(C(C)C)cc1. The molecule has 0 saturated heterocycles. The first-order valence-electron chi connectivity index (χ1n) is 10.2. The van der Waals surface area contributed by atoms with Crippen LogP contribution in [0.5, 0.6) is 0 Å². The minimum Gasteiger partial charge on any atom is -0.463 e. The maximum absolute atomic E-state index is 13.4. The highest BCUT2D eigenvalue weighted by Gasteiger charge is 2.33. The number of fused-ring (bicyclic) bond motifs is 1. The Morgan fingerprint density at radius 1 is 1.26 bits per heavy atom. The Labute approximate surface area is 188 Å². The molecule has 4 rings (SSSR count). The Morgan fingerprint density at radius 2 is 2.00 bits per heavy atom. The standard InChI is InChI=1S/C24H24N2O3S2/c1-5-29-23(28)20-15(4)25-24-26(21(20)18-8-6-17(7-9-18)14(2)3)22(27)19(31-24)12-16-10-11-30-13-16/h6-14,21H,5H2,1-4H3. The summed E-state index contributed by atoms with van der Waals surface area (Å²) in [5.74, 6) is -0.0442. The molecule has 0 aliphatic carbocycles. The number of nitrogens with zero attached hydrogens (tertiary/aromatic N) is 2. The molecule has 3 heterocycles. The zero-order valence-electron chi connectivity index (χ0n) is 17.9. The van der Waals surface area contributed by atoms with Crippen molar-refractivity contribution in [1.82, 2.24) is 4.57 Å². The van der Waals surface area contributed by atoms with E-state index >= 15 is 0 Å². The third kappa shape index (κ3) is 4.07. The van der Waals surface area contributed by atoms with Crippen LogP contribution in [0.1, 0.15) is 56.3 Å². The lowest BCUT2D eigenvalue weighted by molar-refractivity contribution is -0.139. The summed E-state index contributed by atoms with van der Waals surface area (Å²) in [6, 6.07) is 9.50. The van der Waals surface area contributed by atoms with Gasteiger partial charge in [-0.3, -0.25) is 9.36 Å². The fraction of sp³-hybridized carbons (Fsp3) is 0.292. The summed E-state index contributed by atoms with van der Waals surface area (Å²) in [5.41, 5.74) is 3.89. The van der Waals surface area contributed by atoms with Crippen LogP contribution in [0.15, 0.2) is 62.1 Å². The largest absolute Gasteiger partial charge is 0.463 e. The van der Waals surface area contributed by atoms with Gasteiger partial charge >= 0.3 is 5.97 Å². The van der Waals surface area contributed by atoms with Crippen molar-refractivity contribution in [1.29, 1.82) is 0 Å². The van der Waals surface area contributed by atoms with Crippen molar-refractivity contribution in [2.45, 2.75) is 39.7 Å². The van der Waals surface area contributed by atoms with Crippen molar-refractivity contribution in [3.8, 4) is 0 Å². The highest BCUT2D eigenvalue weighted by Crippen LogP contribution is 2.31. The number of thiophene rings is 1. The minimum atomic E-state index is -0.568. The Bertz CT molecular complexity index is 1310. The van der Waals surface area contributed by atoms with Crippen LogP contribution in [-0.2, 0) is 9.53 Å². The molecule has 2 aromatic heterocycles. The molecule has 7 heteroatoms. The molecule has 0 saturated carbocycles. The molecule has 0 bridgehead atoms. The molecule has 160 valence electrons. The summed E-state index contributed by atoms with van der Waals surface area (Å²) in [6.07, 6.45) is 1.88. The van der Waals surface area contributed by atoms with Crippen LogP contribution in [0.4, 0.5) is 0 Å². The van der Waals surface area contributed by atoms with Crippen molar-refractivity contribution >= 4 is 34.7 Å². The van der Waals surface area contributed by atoms with Crippen molar-refractivity contribution in [3.05, 3.63) is 88.7 Å².